The van der Waals surface area contributed by atoms with E-state index in [0.717, 1.165) is 17.6 Å². The SMILES string of the molecule is CC[N+](CCN)(CCO)CCO. The number of hydrogen-bond donors (Lipinski definition) is 3. The second-order valence-corrected chi connectivity index (χ2v) is 3.06. The molecule has 0 fully saturated rings. The number of nitrogens with two attached hydrogens (primary N) is 1. The van der Waals surface area contributed by atoms with E-state index in [2.05, 4.69) is 6.92 Å². The Morgan fingerprint density at radius 2 is 1.58 bits per heavy atom. The molecular formula is C8H21N2O2+. The summed E-state index contributed by atoms with van der Waals surface area (Å²) in [6.45, 7) is 6.11. The molecule has 4 N–H and O–H groups in total. The minimum atomic E-state index is 0.161. The highest BCUT2D eigenvalue weighted by Crippen LogP contribution is 2.03. The standard InChI is InChI=1S/C8H21N2O2/c1-2-10(4-3-9,5-7-11)6-8-12/h11-12H,2-9H2,1H3/q+1. The van der Waals surface area contributed by atoms with Crippen molar-refractivity contribution in [3.8, 4) is 0 Å². The third-order valence-corrected chi connectivity index (χ3v) is 2.42. The molecule has 0 aromatic heterocycles. The van der Waals surface area contributed by atoms with E-state index in [-0.39, 0.29) is 13.2 Å². The topological polar surface area (TPSA) is 66.5 Å². The Kier molecular flexibility index (Phi) is 6.28. The Morgan fingerprint density at radius 1 is 1.08 bits per heavy atom. The summed E-state index contributed by atoms with van der Waals surface area (Å²) in [6, 6.07) is 0. The van der Waals surface area contributed by atoms with Crippen molar-refractivity contribution in [1.29, 1.82) is 0 Å². The van der Waals surface area contributed by atoms with Crippen molar-refractivity contribution < 1.29 is 14.7 Å². The van der Waals surface area contributed by atoms with Crippen molar-refractivity contribution in [1.82, 2.24) is 0 Å². The lowest BCUT2D eigenvalue weighted by atomic mass is 10.3. The summed E-state index contributed by atoms with van der Waals surface area (Å²) in [6.07, 6.45) is 0. The quantitative estimate of drug-likeness (QED) is 0.426. The highest BCUT2D eigenvalue weighted by atomic mass is 16.3. The van der Waals surface area contributed by atoms with E-state index < -0.39 is 0 Å². The van der Waals surface area contributed by atoms with Crippen LogP contribution in [0.15, 0.2) is 0 Å². The molecule has 0 rings (SSSR count). The molecule has 0 aromatic carbocycles. The Hall–Kier alpha value is -0.160. The van der Waals surface area contributed by atoms with Gasteiger partial charge in [-0.25, -0.2) is 0 Å². The maximum Gasteiger partial charge on any atom is 0.102 e. The fourth-order valence-corrected chi connectivity index (χ4v) is 1.51. The molecule has 4 heteroatoms. The Morgan fingerprint density at radius 3 is 1.83 bits per heavy atom. The van der Waals surface area contributed by atoms with Crippen molar-refractivity contribution >= 4 is 0 Å². The van der Waals surface area contributed by atoms with Gasteiger partial charge >= 0.3 is 0 Å². The van der Waals surface area contributed by atoms with Crippen molar-refractivity contribution in [2.75, 3.05) is 45.9 Å². The van der Waals surface area contributed by atoms with Gasteiger partial charge in [0.15, 0.2) is 0 Å². The average Bonchev–Trinajstić information content (AvgIpc) is 2.06. The van der Waals surface area contributed by atoms with E-state index in [0.29, 0.717) is 19.6 Å². The highest BCUT2D eigenvalue weighted by Gasteiger charge is 2.22. The number of hydrogen-bond acceptors (Lipinski definition) is 3. The zero-order valence-corrected chi connectivity index (χ0v) is 7.87. The van der Waals surface area contributed by atoms with Crippen molar-refractivity contribution in [3.63, 3.8) is 0 Å². The van der Waals surface area contributed by atoms with Gasteiger partial charge in [0.2, 0.25) is 0 Å². The van der Waals surface area contributed by atoms with Crippen molar-refractivity contribution in [3.05, 3.63) is 0 Å². The first-order valence-electron chi connectivity index (χ1n) is 4.51. The summed E-state index contributed by atoms with van der Waals surface area (Å²) < 4.78 is 0.726. The first-order valence-corrected chi connectivity index (χ1v) is 4.51. The van der Waals surface area contributed by atoms with Crippen LogP contribution in [0.3, 0.4) is 0 Å². The number of rotatable bonds is 7. The fourth-order valence-electron chi connectivity index (χ4n) is 1.51. The average molecular weight is 177 g/mol. The van der Waals surface area contributed by atoms with E-state index in [1.54, 1.807) is 0 Å². The molecule has 74 valence electrons. The lowest BCUT2D eigenvalue weighted by Crippen LogP contribution is -2.53. The van der Waals surface area contributed by atoms with E-state index in [4.69, 9.17) is 15.9 Å². The minimum Gasteiger partial charge on any atom is -0.391 e. The van der Waals surface area contributed by atoms with Crippen LogP contribution in [0.2, 0.25) is 0 Å². The Bertz CT molecular complexity index is 92.2. The van der Waals surface area contributed by atoms with Crippen LogP contribution in [0, 0.1) is 0 Å². The number of aliphatic hydroxyl groups is 2. The largest absolute Gasteiger partial charge is 0.391 e. The van der Waals surface area contributed by atoms with Crippen LogP contribution in [0.25, 0.3) is 0 Å². The predicted molar refractivity (Wildman–Crippen MR) is 48.6 cm³/mol. The van der Waals surface area contributed by atoms with Crippen LogP contribution in [-0.2, 0) is 0 Å². The third kappa shape index (κ3) is 3.49. The lowest BCUT2D eigenvalue weighted by Gasteiger charge is -2.36. The summed E-state index contributed by atoms with van der Waals surface area (Å²) in [5.74, 6) is 0. The van der Waals surface area contributed by atoms with Crippen LogP contribution >= 0.6 is 0 Å². The van der Waals surface area contributed by atoms with Crippen molar-refractivity contribution in [2.24, 2.45) is 5.73 Å². The highest BCUT2D eigenvalue weighted by molar-refractivity contribution is 4.43. The molecule has 0 saturated heterocycles. The molecular weight excluding hydrogens is 156 g/mol. The molecule has 0 spiro atoms. The number of nitrogens with zero attached hydrogens (tertiary/aromatic N) is 1. The van der Waals surface area contributed by atoms with Gasteiger partial charge in [0, 0.05) is 6.54 Å². The second-order valence-electron chi connectivity index (χ2n) is 3.06. The van der Waals surface area contributed by atoms with Gasteiger partial charge in [0.1, 0.15) is 13.1 Å². The monoisotopic (exact) mass is 177 g/mol. The van der Waals surface area contributed by atoms with Gasteiger partial charge in [0.25, 0.3) is 0 Å². The van der Waals surface area contributed by atoms with E-state index in [1.807, 2.05) is 0 Å². The first-order chi connectivity index (χ1) is 5.74. The van der Waals surface area contributed by atoms with Gasteiger partial charge < -0.3 is 20.4 Å². The lowest BCUT2D eigenvalue weighted by molar-refractivity contribution is -0.925. The van der Waals surface area contributed by atoms with Gasteiger partial charge in [-0.15, -0.1) is 0 Å². The maximum absolute atomic E-state index is 8.85. The fraction of sp³-hybridized carbons (Fsp3) is 1.00. The molecule has 0 aliphatic heterocycles. The normalized spacial score (nSPS) is 12.0. The molecule has 0 radical (unpaired) electrons. The molecule has 0 bridgehead atoms. The van der Waals surface area contributed by atoms with E-state index in [1.165, 1.54) is 0 Å². The molecule has 0 aliphatic carbocycles. The van der Waals surface area contributed by atoms with Gasteiger partial charge in [-0.3, -0.25) is 0 Å². The molecule has 12 heavy (non-hydrogen) atoms. The summed E-state index contributed by atoms with van der Waals surface area (Å²) in [5.41, 5.74) is 5.47. The summed E-state index contributed by atoms with van der Waals surface area (Å²) >= 11 is 0. The molecule has 0 amide bonds. The molecule has 4 nitrogen and oxygen atoms in total. The van der Waals surface area contributed by atoms with Gasteiger partial charge in [-0.2, -0.15) is 0 Å². The van der Waals surface area contributed by atoms with Gasteiger partial charge in [-0.1, -0.05) is 0 Å². The smallest absolute Gasteiger partial charge is 0.102 e. The van der Waals surface area contributed by atoms with Crippen LogP contribution in [0.5, 0.6) is 0 Å². The number of aliphatic hydroxyl groups excluding tert-OH is 2. The first kappa shape index (κ1) is 11.8. The zero-order valence-electron chi connectivity index (χ0n) is 7.87. The Balaban J connectivity index is 4.06. The molecule has 0 heterocycles. The zero-order chi connectivity index (χ0) is 9.45. The second kappa shape index (κ2) is 6.37. The van der Waals surface area contributed by atoms with Crippen molar-refractivity contribution in [2.45, 2.75) is 6.92 Å². The van der Waals surface area contributed by atoms with Crippen LogP contribution in [-0.4, -0.2) is 60.6 Å². The Labute approximate surface area is 74.2 Å². The molecule has 0 aromatic rings. The summed E-state index contributed by atoms with van der Waals surface area (Å²) in [5, 5.41) is 17.7. The van der Waals surface area contributed by atoms with Crippen LogP contribution < -0.4 is 5.73 Å². The molecule has 0 saturated carbocycles. The molecule has 0 unspecified atom stereocenters. The van der Waals surface area contributed by atoms with E-state index in [9.17, 15) is 0 Å². The third-order valence-electron chi connectivity index (χ3n) is 2.42. The molecule has 0 aliphatic rings. The molecule has 0 atom stereocenters. The maximum atomic E-state index is 8.85. The predicted octanol–water partition coefficient (Wildman–Crippen LogP) is -1.23. The van der Waals surface area contributed by atoms with Gasteiger partial charge in [0.05, 0.1) is 26.3 Å². The van der Waals surface area contributed by atoms with Crippen LogP contribution in [0.4, 0.5) is 0 Å². The minimum absolute atomic E-state index is 0.161. The van der Waals surface area contributed by atoms with Gasteiger partial charge in [-0.05, 0) is 6.92 Å². The van der Waals surface area contributed by atoms with E-state index >= 15 is 0 Å². The van der Waals surface area contributed by atoms with Crippen LogP contribution in [0.1, 0.15) is 6.92 Å². The summed E-state index contributed by atoms with van der Waals surface area (Å²) in [4.78, 5) is 0. The number of likely N-dealkylation sites (N-methyl/N-ethyl adjacent to an activating group) is 1. The number of quaternary nitrogens is 1. The summed E-state index contributed by atoms with van der Waals surface area (Å²) in [7, 11) is 0.